The zero-order valence-corrected chi connectivity index (χ0v) is 13.1. The van der Waals surface area contributed by atoms with Gasteiger partial charge in [-0.05, 0) is 31.0 Å². The lowest BCUT2D eigenvalue weighted by Gasteiger charge is -2.25. The zero-order valence-electron chi connectivity index (χ0n) is 12.3. The Morgan fingerprint density at radius 3 is 2.59 bits per heavy atom. The van der Waals surface area contributed by atoms with Crippen molar-refractivity contribution in [2.24, 2.45) is 0 Å². The molecule has 1 aliphatic rings. The molecule has 2 nitrogen and oxygen atoms in total. The van der Waals surface area contributed by atoms with Crippen molar-refractivity contribution in [3.05, 3.63) is 70.5 Å². The van der Waals surface area contributed by atoms with Crippen LogP contribution in [0.15, 0.2) is 48.5 Å². The van der Waals surface area contributed by atoms with E-state index < -0.39 is 5.82 Å². The Hall–Kier alpha value is -1.87. The molecule has 1 saturated heterocycles. The van der Waals surface area contributed by atoms with E-state index in [1.54, 1.807) is 11.0 Å². The van der Waals surface area contributed by atoms with Crippen LogP contribution >= 0.6 is 11.6 Å². The largest absolute Gasteiger partial charge is 0.335 e. The van der Waals surface area contributed by atoms with Gasteiger partial charge >= 0.3 is 0 Å². The number of carbonyl (C=O) groups excluding carboxylic acids is 1. The second kappa shape index (κ2) is 6.09. The minimum absolute atomic E-state index is 0.0190. The zero-order chi connectivity index (χ0) is 15.7. The number of halogens is 2. The number of hydrogen-bond acceptors (Lipinski definition) is 1. The number of benzene rings is 2. The molecule has 0 radical (unpaired) electrons. The molecule has 0 N–H and O–H groups in total. The van der Waals surface area contributed by atoms with Crippen LogP contribution in [0.5, 0.6) is 0 Å². The molecule has 1 heterocycles. The van der Waals surface area contributed by atoms with Gasteiger partial charge in [-0.1, -0.05) is 48.0 Å². The highest BCUT2D eigenvalue weighted by Crippen LogP contribution is 2.35. The smallest absolute Gasteiger partial charge is 0.258 e. The maximum absolute atomic E-state index is 14.0. The molecule has 0 unspecified atom stereocenters. The Bertz CT molecular complexity index is 668. The maximum Gasteiger partial charge on any atom is 0.258 e. The molecule has 2 atom stereocenters. The first-order valence-corrected chi connectivity index (χ1v) is 7.77. The lowest BCUT2D eigenvalue weighted by Crippen LogP contribution is -2.36. The molecule has 1 fully saturated rings. The molecule has 0 aromatic heterocycles. The average molecular weight is 318 g/mol. The van der Waals surface area contributed by atoms with E-state index in [-0.39, 0.29) is 28.5 Å². The first kappa shape index (κ1) is 15.0. The van der Waals surface area contributed by atoms with E-state index >= 15 is 0 Å². The summed E-state index contributed by atoms with van der Waals surface area (Å²) >= 11 is 6.02. The summed E-state index contributed by atoms with van der Waals surface area (Å²) in [5.41, 5.74) is 1.19. The predicted molar refractivity (Wildman–Crippen MR) is 85.7 cm³/mol. The van der Waals surface area contributed by atoms with Crippen LogP contribution in [0.2, 0.25) is 5.02 Å². The third-order valence-electron chi connectivity index (χ3n) is 4.42. The second-order valence-corrected chi connectivity index (χ2v) is 6.05. The second-order valence-electron chi connectivity index (χ2n) is 5.64. The molecule has 1 aliphatic heterocycles. The quantitative estimate of drug-likeness (QED) is 0.798. The topological polar surface area (TPSA) is 20.3 Å². The van der Waals surface area contributed by atoms with Crippen molar-refractivity contribution < 1.29 is 9.18 Å². The number of hydrogen-bond donors (Lipinski definition) is 0. The van der Waals surface area contributed by atoms with Crippen LogP contribution < -0.4 is 0 Å². The normalized spacial score (nSPS) is 21.1. The van der Waals surface area contributed by atoms with Gasteiger partial charge in [-0.3, -0.25) is 4.79 Å². The minimum atomic E-state index is -0.562. The molecule has 114 valence electrons. The van der Waals surface area contributed by atoms with Crippen molar-refractivity contribution in [3.8, 4) is 0 Å². The molecule has 2 aromatic rings. The predicted octanol–water partition coefficient (Wildman–Crippen LogP) is 4.50. The van der Waals surface area contributed by atoms with E-state index in [4.69, 9.17) is 11.6 Å². The molecule has 0 aliphatic carbocycles. The summed E-state index contributed by atoms with van der Waals surface area (Å²) in [5, 5.41) is 0.167. The summed E-state index contributed by atoms with van der Waals surface area (Å²) in [7, 11) is 0. The molecule has 22 heavy (non-hydrogen) atoms. The SMILES string of the molecule is C[C@H]1[C@@H](c2ccccc2)CCN1C(=O)c1c(F)cccc1Cl. The highest BCUT2D eigenvalue weighted by atomic mass is 35.5. The van der Waals surface area contributed by atoms with E-state index in [1.807, 2.05) is 25.1 Å². The number of nitrogens with zero attached hydrogens (tertiary/aromatic N) is 1. The van der Waals surface area contributed by atoms with E-state index in [9.17, 15) is 9.18 Å². The molecule has 1 amide bonds. The van der Waals surface area contributed by atoms with Crippen LogP contribution in [0.4, 0.5) is 4.39 Å². The van der Waals surface area contributed by atoms with Gasteiger partial charge in [0.2, 0.25) is 0 Å². The van der Waals surface area contributed by atoms with Gasteiger partial charge in [0, 0.05) is 18.5 Å². The summed E-state index contributed by atoms with van der Waals surface area (Å²) in [5.74, 6) is -0.613. The number of rotatable bonds is 2. The molecule has 3 rings (SSSR count). The lowest BCUT2D eigenvalue weighted by atomic mass is 9.93. The van der Waals surface area contributed by atoms with Gasteiger partial charge in [-0.15, -0.1) is 0 Å². The summed E-state index contributed by atoms with van der Waals surface area (Å²) < 4.78 is 14.0. The summed E-state index contributed by atoms with van der Waals surface area (Å²) in [6.45, 7) is 2.63. The van der Waals surface area contributed by atoms with E-state index in [0.717, 1.165) is 6.42 Å². The fraction of sp³-hybridized carbons (Fsp3) is 0.278. The highest BCUT2D eigenvalue weighted by Gasteiger charge is 2.36. The first-order valence-electron chi connectivity index (χ1n) is 7.39. The molecule has 4 heteroatoms. The molecule has 2 aromatic carbocycles. The molecule has 0 bridgehead atoms. The first-order chi connectivity index (χ1) is 10.6. The van der Waals surface area contributed by atoms with Crippen LogP contribution in [0.25, 0.3) is 0 Å². The number of likely N-dealkylation sites (tertiary alicyclic amines) is 1. The van der Waals surface area contributed by atoms with E-state index in [1.165, 1.54) is 17.7 Å². The van der Waals surface area contributed by atoms with Crippen LogP contribution in [-0.2, 0) is 0 Å². The Balaban J connectivity index is 1.86. The monoisotopic (exact) mass is 317 g/mol. The van der Waals surface area contributed by atoms with Gasteiger partial charge in [0.25, 0.3) is 5.91 Å². The standard InChI is InChI=1S/C18H17ClFNO/c1-12-14(13-6-3-2-4-7-13)10-11-21(12)18(22)17-15(19)8-5-9-16(17)20/h2-9,12,14H,10-11H2,1H3/t12-,14-/m0/s1. The highest BCUT2D eigenvalue weighted by molar-refractivity contribution is 6.33. The molecule has 0 saturated carbocycles. The van der Waals surface area contributed by atoms with Crippen LogP contribution in [0.3, 0.4) is 0 Å². The van der Waals surface area contributed by atoms with Gasteiger partial charge in [0.05, 0.1) is 10.6 Å². The molecular weight excluding hydrogens is 301 g/mol. The summed E-state index contributed by atoms with van der Waals surface area (Å²) in [4.78, 5) is 14.4. The van der Waals surface area contributed by atoms with Crippen molar-refractivity contribution in [2.75, 3.05) is 6.54 Å². The van der Waals surface area contributed by atoms with Crippen molar-refractivity contribution in [1.82, 2.24) is 4.90 Å². The van der Waals surface area contributed by atoms with Gasteiger partial charge in [-0.2, -0.15) is 0 Å². The van der Waals surface area contributed by atoms with E-state index in [0.29, 0.717) is 6.54 Å². The minimum Gasteiger partial charge on any atom is -0.335 e. The molecular formula is C18H17ClFNO. The summed E-state index contributed by atoms with van der Waals surface area (Å²) in [6.07, 6.45) is 0.878. The summed E-state index contributed by atoms with van der Waals surface area (Å²) in [6, 6.07) is 14.5. The van der Waals surface area contributed by atoms with Crippen LogP contribution in [-0.4, -0.2) is 23.4 Å². The fourth-order valence-corrected chi connectivity index (χ4v) is 3.46. The van der Waals surface area contributed by atoms with E-state index in [2.05, 4.69) is 12.1 Å². The Kier molecular flexibility index (Phi) is 4.16. The maximum atomic E-state index is 14.0. The van der Waals surface area contributed by atoms with Crippen LogP contribution in [0.1, 0.15) is 35.2 Å². The number of carbonyl (C=O) groups is 1. The van der Waals surface area contributed by atoms with Crippen molar-refractivity contribution in [1.29, 1.82) is 0 Å². The number of amides is 1. The van der Waals surface area contributed by atoms with Crippen molar-refractivity contribution in [3.63, 3.8) is 0 Å². The Morgan fingerprint density at radius 2 is 1.91 bits per heavy atom. The van der Waals surface area contributed by atoms with Crippen molar-refractivity contribution >= 4 is 17.5 Å². The average Bonchev–Trinajstić information content (AvgIpc) is 2.89. The third kappa shape index (κ3) is 2.61. The fourth-order valence-electron chi connectivity index (χ4n) is 3.22. The van der Waals surface area contributed by atoms with Gasteiger partial charge in [0.1, 0.15) is 5.82 Å². The third-order valence-corrected chi connectivity index (χ3v) is 4.74. The Morgan fingerprint density at radius 1 is 1.18 bits per heavy atom. The van der Waals surface area contributed by atoms with Crippen LogP contribution in [0, 0.1) is 5.82 Å². The molecule has 0 spiro atoms. The van der Waals surface area contributed by atoms with Gasteiger partial charge < -0.3 is 4.90 Å². The van der Waals surface area contributed by atoms with Crippen molar-refractivity contribution in [2.45, 2.75) is 25.3 Å². The van der Waals surface area contributed by atoms with Gasteiger partial charge in [-0.25, -0.2) is 4.39 Å². The lowest BCUT2D eigenvalue weighted by molar-refractivity contribution is 0.0737. The Labute approximate surface area is 134 Å². The van der Waals surface area contributed by atoms with Gasteiger partial charge in [0.15, 0.2) is 0 Å².